The van der Waals surface area contributed by atoms with Gasteiger partial charge in [0.05, 0.1) is 11.8 Å². The second-order valence-corrected chi connectivity index (χ2v) is 3.17. The minimum absolute atomic E-state index is 0.0621. The van der Waals surface area contributed by atoms with E-state index in [9.17, 15) is 9.90 Å². The summed E-state index contributed by atoms with van der Waals surface area (Å²) in [4.78, 5) is 17.8. The molecule has 2 aromatic rings. The van der Waals surface area contributed by atoms with E-state index in [0.29, 0.717) is 5.76 Å². The highest BCUT2D eigenvalue weighted by atomic mass is 16.3. The van der Waals surface area contributed by atoms with Gasteiger partial charge in [0.25, 0.3) is 5.56 Å². The summed E-state index contributed by atoms with van der Waals surface area (Å²) in [6, 6.07) is 3.26. The van der Waals surface area contributed by atoms with E-state index in [1.165, 1.54) is 6.26 Å². The van der Waals surface area contributed by atoms with Gasteiger partial charge in [-0.25, -0.2) is 0 Å². The van der Waals surface area contributed by atoms with Crippen LogP contribution in [0, 0.1) is 0 Å². The molecule has 0 saturated heterocycles. The Kier molecular flexibility index (Phi) is 2.74. The van der Waals surface area contributed by atoms with Gasteiger partial charge in [0.2, 0.25) is 5.88 Å². The summed E-state index contributed by atoms with van der Waals surface area (Å²) in [5.74, 6) is 0.140. The van der Waals surface area contributed by atoms with Gasteiger partial charge in [0.15, 0.2) is 11.6 Å². The van der Waals surface area contributed by atoms with Gasteiger partial charge in [-0.15, -0.1) is 0 Å². The number of nitrogens with zero attached hydrogens (tertiary/aromatic N) is 1. The van der Waals surface area contributed by atoms with Crippen LogP contribution in [0.4, 0.5) is 0 Å². The molecule has 2 rings (SSSR count). The molecule has 0 unspecified atom stereocenters. The smallest absolute Gasteiger partial charge is 0.258 e. The molecule has 0 bridgehead atoms. The highest BCUT2D eigenvalue weighted by Crippen LogP contribution is 2.17. The van der Waals surface area contributed by atoms with Gasteiger partial charge < -0.3 is 19.6 Å². The number of hydrogen-bond donors (Lipinski definition) is 3. The molecule has 0 aliphatic rings. The Morgan fingerprint density at radius 3 is 2.88 bits per heavy atom. The molecule has 2 aromatic heterocycles. The first-order valence-electron chi connectivity index (χ1n) is 4.69. The van der Waals surface area contributed by atoms with Crippen LogP contribution in [0.1, 0.15) is 5.56 Å². The van der Waals surface area contributed by atoms with E-state index in [1.807, 2.05) is 0 Å². The molecular formula is C10H10N2O4. The summed E-state index contributed by atoms with van der Waals surface area (Å²) >= 11 is 0. The molecule has 0 atom stereocenters. The lowest BCUT2D eigenvalue weighted by molar-refractivity contribution is 0.296. The molecular weight excluding hydrogens is 212 g/mol. The Hall–Kier alpha value is -2.08. The minimum atomic E-state index is -0.479. The number of rotatable bonds is 3. The molecule has 0 radical (unpaired) electrons. The Morgan fingerprint density at radius 2 is 2.31 bits per heavy atom. The molecule has 0 amide bonds. The van der Waals surface area contributed by atoms with Gasteiger partial charge in [-0.2, -0.15) is 4.98 Å². The number of aromatic nitrogens is 2. The predicted molar refractivity (Wildman–Crippen MR) is 55.0 cm³/mol. The van der Waals surface area contributed by atoms with Crippen molar-refractivity contribution in [2.24, 2.45) is 0 Å². The van der Waals surface area contributed by atoms with Crippen LogP contribution >= 0.6 is 0 Å². The molecule has 84 valence electrons. The van der Waals surface area contributed by atoms with Crippen molar-refractivity contribution in [2.45, 2.75) is 6.42 Å². The third-order valence-electron chi connectivity index (χ3n) is 2.11. The average Bonchev–Trinajstić information content (AvgIpc) is 2.76. The van der Waals surface area contributed by atoms with Crippen molar-refractivity contribution in [1.29, 1.82) is 0 Å². The second kappa shape index (κ2) is 4.19. The molecule has 0 aliphatic carbocycles. The van der Waals surface area contributed by atoms with Crippen molar-refractivity contribution < 1.29 is 14.6 Å². The first-order chi connectivity index (χ1) is 7.72. The number of aliphatic hydroxyl groups excluding tert-OH is 1. The Labute approximate surface area is 90.2 Å². The number of aromatic hydroxyl groups is 1. The second-order valence-electron chi connectivity index (χ2n) is 3.17. The van der Waals surface area contributed by atoms with Crippen molar-refractivity contribution in [1.82, 2.24) is 9.97 Å². The van der Waals surface area contributed by atoms with Crippen LogP contribution in [0.25, 0.3) is 11.6 Å². The monoisotopic (exact) mass is 222 g/mol. The number of aliphatic hydroxyl groups is 1. The molecule has 2 heterocycles. The zero-order chi connectivity index (χ0) is 11.5. The van der Waals surface area contributed by atoms with Crippen LogP contribution in [0.5, 0.6) is 5.88 Å². The molecule has 3 N–H and O–H groups in total. The summed E-state index contributed by atoms with van der Waals surface area (Å²) < 4.78 is 5.04. The van der Waals surface area contributed by atoms with Crippen molar-refractivity contribution in [2.75, 3.05) is 6.61 Å². The lowest BCUT2D eigenvalue weighted by Crippen LogP contribution is -2.16. The number of aromatic amines is 1. The summed E-state index contributed by atoms with van der Waals surface area (Å²) in [7, 11) is 0. The molecule has 0 aliphatic heterocycles. The van der Waals surface area contributed by atoms with Crippen molar-refractivity contribution in [3.8, 4) is 17.5 Å². The summed E-state index contributed by atoms with van der Waals surface area (Å²) in [5, 5.41) is 18.2. The topological polar surface area (TPSA) is 99.4 Å². The van der Waals surface area contributed by atoms with Crippen LogP contribution in [0.2, 0.25) is 0 Å². The van der Waals surface area contributed by atoms with E-state index < -0.39 is 5.56 Å². The van der Waals surface area contributed by atoms with Gasteiger partial charge in [-0.3, -0.25) is 4.79 Å². The van der Waals surface area contributed by atoms with E-state index in [4.69, 9.17) is 9.52 Å². The van der Waals surface area contributed by atoms with E-state index in [0.717, 1.165) is 0 Å². The Balaban J connectivity index is 2.49. The molecule has 6 heteroatoms. The van der Waals surface area contributed by atoms with E-state index in [1.54, 1.807) is 12.1 Å². The van der Waals surface area contributed by atoms with Gasteiger partial charge in [-0.05, 0) is 12.1 Å². The van der Waals surface area contributed by atoms with Crippen molar-refractivity contribution in [3.05, 3.63) is 34.3 Å². The third kappa shape index (κ3) is 1.82. The SMILES string of the molecule is O=c1[nH]c(-c2ccco2)nc(O)c1CCO. The number of nitrogens with one attached hydrogen (secondary N) is 1. The zero-order valence-electron chi connectivity index (χ0n) is 8.30. The van der Waals surface area contributed by atoms with E-state index in [2.05, 4.69) is 9.97 Å². The molecule has 0 saturated carbocycles. The van der Waals surface area contributed by atoms with Crippen molar-refractivity contribution in [3.63, 3.8) is 0 Å². The number of furan rings is 1. The molecule has 0 spiro atoms. The first kappa shape index (κ1) is 10.4. The molecule has 0 fully saturated rings. The largest absolute Gasteiger partial charge is 0.493 e. The predicted octanol–water partition coefficient (Wildman–Crippen LogP) is 0.270. The average molecular weight is 222 g/mol. The highest BCUT2D eigenvalue weighted by molar-refractivity contribution is 5.47. The summed E-state index contributed by atoms with van der Waals surface area (Å²) in [6.45, 7) is -0.224. The normalized spacial score (nSPS) is 10.6. The fourth-order valence-corrected chi connectivity index (χ4v) is 1.35. The zero-order valence-corrected chi connectivity index (χ0v) is 8.30. The third-order valence-corrected chi connectivity index (χ3v) is 2.11. The fraction of sp³-hybridized carbons (Fsp3) is 0.200. The molecule has 0 aromatic carbocycles. The Morgan fingerprint density at radius 1 is 1.50 bits per heavy atom. The molecule has 16 heavy (non-hydrogen) atoms. The van der Waals surface area contributed by atoms with Gasteiger partial charge in [0.1, 0.15) is 0 Å². The van der Waals surface area contributed by atoms with Crippen LogP contribution in [-0.4, -0.2) is 26.8 Å². The van der Waals surface area contributed by atoms with Gasteiger partial charge >= 0.3 is 0 Å². The fourth-order valence-electron chi connectivity index (χ4n) is 1.35. The quantitative estimate of drug-likeness (QED) is 0.692. The van der Waals surface area contributed by atoms with E-state index >= 15 is 0 Å². The first-order valence-corrected chi connectivity index (χ1v) is 4.69. The molecule has 6 nitrogen and oxygen atoms in total. The highest BCUT2D eigenvalue weighted by Gasteiger charge is 2.12. The van der Waals surface area contributed by atoms with Crippen molar-refractivity contribution >= 4 is 0 Å². The van der Waals surface area contributed by atoms with Gasteiger partial charge in [-0.1, -0.05) is 0 Å². The maximum absolute atomic E-state index is 11.5. The maximum Gasteiger partial charge on any atom is 0.258 e. The lowest BCUT2D eigenvalue weighted by Gasteiger charge is -2.02. The van der Waals surface area contributed by atoms with Gasteiger partial charge in [0, 0.05) is 13.0 Å². The number of H-pyrrole nitrogens is 1. The van der Waals surface area contributed by atoms with Crippen LogP contribution in [0.15, 0.2) is 27.6 Å². The minimum Gasteiger partial charge on any atom is -0.493 e. The summed E-state index contributed by atoms with van der Waals surface area (Å²) in [6.07, 6.45) is 1.50. The lowest BCUT2D eigenvalue weighted by atomic mass is 10.2. The van der Waals surface area contributed by atoms with Crippen LogP contribution in [-0.2, 0) is 6.42 Å². The number of hydrogen-bond acceptors (Lipinski definition) is 5. The Bertz CT molecular complexity index is 530. The standard InChI is InChI=1S/C10H10N2O4/c13-4-3-6-9(14)11-8(12-10(6)15)7-2-1-5-16-7/h1-2,5,13H,3-4H2,(H2,11,12,14,15). The van der Waals surface area contributed by atoms with Crippen LogP contribution in [0.3, 0.4) is 0 Å². The van der Waals surface area contributed by atoms with Crippen LogP contribution < -0.4 is 5.56 Å². The maximum atomic E-state index is 11.5. The van der Waals surface area contributed by atoms with E-state index in [-0.39, 0.29) is 30.3 Å². The summed E-state index contributed by atoms with van der Waals surface area (Å²) in [5.41, 5.74) is -0.411.